The molecule has 1 aromatic heterocycles. The third-order valence-electron chi connectivity index (χ3n) is 2.22. The van der Waals surface area contributed by atoms with E-state index in [2.05, 4.69) is 15.0 Å². The Labute approximate surface area is 80.5 Å². The van der Waals surface area contributed by atoms with Gasteiger partial charge in [0.1, 0.15) is 11.9 Å². The van der Waals surface area contributed by atoms with E-state index >= 15 is 0 Å². The Hall–Kier alpha value is -1.43. The zero-order valence-corrected chi connectivity index (χ0v) is 7.86. The molecule has 0 aromatic carbocycles. The molecule has 1 saturated heterocycles. The first-order chi connectivity index (χ1) is 6.65. The lowest BCUT2D eigenvalue weighted by Crippen LogP contribution is -2.19. The van der Waals surface area contributed by atoms with Crippen molar-refractivity contribution < 1.29 is 4.74 Å². The lowest BCUT2D eigenvalue weighted by molar-refractivity contribution is 0.0501. The van der Waals surface area contributed by atoms with Gasteiger partial charge in [0.15, 0.2) is 0 Å². The largest absolute Gasteiger partial charge is 0.368 e. The summed E-state index contributed by atoms with van der Waals surface area (Å²) in [7, 11) is 0. The topological polar surface area (TPSA) is 93.9 Å². The van der Waals surface area contributed by atoms with Gasteiger partial charge in [-0.2, -0.15) is 9.97 Å². The molecule has 0 radical (unpaired) electrons. The molecule has 2 unspecified atom stereocenters. The Bertz CT molecular complexity index is 389. The van der Waals surface area contributed by atoms with Crippen LogP contribution in [0.25, 0.3) is 0 Å². The van der Waals surface area contributed by atoms with Gasteiger partial charge in [0.25, 0.3) is 0 Å². The molecular weight excluding hydrogens is 184 g/mol. The van der Waals surface area contributed by atoms with Crippen molar-refractivity contribution >= 4 is 5.95 Å². The molecule has 1 aliphatic rings. The number of hydrogen-bond acceptors (Lipinski definition) is 5. The van der Waals surface area contributed by atoms with E-state index in [4.69, 9.17) is 10.5 Å². The van der Waals surface area contributed by atoms with Crippen molar-refractivity contribution in [3.05, 3.63) is 16.3 Å². The van der Waals surface area contributed by atoms with Crippen molar-refractivity contribution in [3.63, 3.8) is 0 Å². The molecule has 6 nitrogen and oxygen atoms in total. The molecule has 0 aliphatic carbocycles. The minimum atomic E-state index is -0.476. The molecule has 2 rings (SSSR count). The Morgan fingerprint density at radius 2 is 2.29 bits per heavy atom. The van der Waals surface area contributed by atoms with E-state index in [1.165, 1.54) is 0 Å². The molecule has 14 heavy (non-hydrogen) atoms. The molecular formula is C8H12N4O2. The van der Waals surface area contributed by atoms with Gasteiger partial charge < -0.3 is 10.5 Å². The first kappa shape index (κ1) is 9.14. The zero-order chi connectivity index (χ0) is 10.1. The van der Waals surface area contributed by atoms with Crippen LogP contribution in [0.5, 0.6) is 0 Å². The Morgan fingerprint density at radius 3 is 2.86 bits per heavy atom. The number of rotatable bonds is 1. The summed E-state index contributed by atoms with van der Waals surface area (Å²) in [4.78, 5) is 20.9. The van der Waals surface area contributed by atoms with Crippen molar-refractivity contribution in [2.45, 2.75) is 32.0 Å². The molecule has 0 amide bonds. The van der Waals surface area contributed by atoms with Gasteiger partial charge in [0.05, 0.1) is 6.10 Å². The van der Waals surface area contributed by atoms with Crippen LogP contribution >= 0.6 is 0 Å². The lowest BCUT2D eigenvalue weighted by Gasteiger charge is -2.09. The van der Waals surface area contributed by atoms with E-state index in [1.807, 2.05) is 6.92 Å². The maximum Gasteiger partial charge on any atom is 0.349 e. The molecule has 1 fully saturated rings. The SMILES string of the molecule is CC1CCC(c2nc(N)nc(=O)[nH]2)O1. The number of nitrogen functional groups attached to an aromatic ring is 1. The van der Waals surface area contributed by atoms with Gasteiger partial charge in [0, 0.05) is 0 Å². The Kier molecular flexibility index (Phi) is 2.20. The predicted octanol–water partition coefficient (Wildman–Crippen LogP) is -0.0129. The predicted molar refractivity (Wildman–Crippen MR) is 49.6 cm³/mol. The summed E-state index contributed by atoms with van der Waals surface area (Å²) in [5, 5.41) is 0. The van der Waals surface area contributed by atoms with Gasteiger partial charge >= 0.3 is 5.69 Å². The van der Waals surface area contributed by atoms with Crippen LogP contribution in [0.3, 0.4) is 0 Å². The summed E-state index contributed by atoms with van der Waals surface area (Å²) < 4.78 is 5.54. The maximum absolute atomic E-state index is 11.0. The van der Waals surface area contributed by atoms with Crippen LogP contribution in [0.1, 0.15) is 31.7 Å². The van der Waals surface area contributed by atoms with Gasteiger partial charge in [-0.25, -0.2) is 4.79 Å². The van der Waals surface area contributed by atoms with Crippen molar-refractivity contribution in [1.82, 2.24) is 15.0 Å². The third-order valence-corrected chi connectivity index (χ3v) is 2.22. The average Bonchev–Trinajstić information content (AvgIpc) is 2.50. The highest BCUT2D eigenvalue weighted by Crippen LogP contribution is 2.29. The highest BCUT2D eigenvalue weighted by Gasteiger charge is 2.25. The van der Waals surface area contributed by atoms with Gasteiger partial charge in [-0.1, -0.05) is 0 Å². The smallest absolute Gasteiger partial charge is 0.349 e. The van der Waals surface area contributed by atoms with Gasteiger partial charge in [-0.05, 0) is 19.8 Å². The second kappa shape index (κ2) is 3.38. The number of nitrogens with zero attached hydrogens (tertiary/aromatic N) is 2. The fourth-order valence-corrected chi connectivity index (χ4v) is 1.57. The van der Waals surface area contributed by atoms with Crippen molar-refractivity contribution in [2.75, 3.05) is 5.73 Å². The second-order valence-electron chi connectivity index (χ2n) is 3.41. The van der Waals surface area contributed by atoms with E-state index in [-0.39, 0.29) is 18.2 Å². The van der Waals surface area contributed by atoms with Crippen LogP contribution in [-0.2, 0) is 4.74 Å². The third kappa shape index (κ3) is 1.74. The standard InChI is InChI=1S/C8H12N4O2/c1-4-2-3-5(14-4)6-10-7(9)12-8(13)11-6/h4-5H,2-3H2,1H3,(H3,9,10,11,12,13). The van der Waals surface area contributed by atoms with Gasteiger partial charge in [0.2, 0.25) is 5.95 Å². The van der Waals surface area contributed by atoms with Crippen molar-refractivity contribution in [3.8, 4) is 0 Å². The fourth-order valence-electron chi connectivity index (χ4n) is 1.57. The number of nitrogens with two attached hydrogens (primary N) is 1. The number of anilines is 1. The fraction of sp³-hybridized carbons (Fsp3) is 0.625. The quantitative estimate of drug-likeness (QED) is 0.658. The Balaban J connectivity index is 2.28. The van der Waals surface area contributed by atoms with Crippen LogP contribution in [0.15, 0.2) is 4.79 Å². The molecule has 0 bridgehead atoms. The van der Waals surface area contributed by atoms with Gasteiger partial charge in [-0.3, -0.25) is 4.98 Å². The van der Waals surface area contributed by atoms with Gasteiger partial charge in [-0.15, -0.1) is 0 Å². The summed E-state index contributed by atoms with van der Waals surface area (Å²) in [6.07, 6.45) is 1.88. The van der Waals surface area contributed by atoms with Crippen LogP contribution in [0, 0.1) is 0 Å². The number of nitrogens with one attached hydrogen (secondary N) is 1. The molecule has 1 aromatic rings. The van der Waals surface area contributed by atoms with E-state index < -0.39 is 5.69 Å². The highest BCUT2D eigenvalue weighted by molar-refractivity contribution is 5.13. The number of H-pyrrole nitrogens is 1. The molecule has 6 heteroatoms. The molecule has 0 spiro atoms. The molecule has 1 aliphatic heterocycles. The minimum absolute atomic E-state index is 0.00750. The van der Waals surface area contributed by atoms with Crippen LogP contribution in [0.4, 0.5) is 5.95 Å². The average molecular weight is 196 g/mol. The van der Waals surface area contributed by atoms with Crippen molar-refractivity contribution in [2.24, 2.45) is 0 Å². The molecule has 76 valence electrons. The highest BCUT2D eigenvalue weighted by atomic mass is 16.5. The first-order valence-corrected chi connectivity index (χ1v) is 4.54. The summed E-state index contributed by atoms with van der Waals surface area (Å²) in [5.41, 5.74) is 4.89. The molecule has 3 N–H and O–H groups in total. The summed E-state index contributed by atoms with van der Waals surface area (Å²) in [6, 6.07) is 0. The first-order valence-electron chi connectivity index (χ1n) is 4.54. The van der Waals surface area contributed by atoms with Crippen LogP contribution in [0.2, 0.25) is 0 Å². The molecule has 2 atom stereocenters. The van der Waals surface area contributed by atoms with E-state index in [0.717, 1.165) is 12.8 Å². The monoisotopic (exact) mass is 196 g/mol. The maximum atomic E-state index is 11.0. The number of aromatic amines is 1. The summed E-state index contributed by atoms with van der Waals surface area (Å²) in [5.74, 6) is 0.471. The Morgan fingerprint density at radius 1 is 1.50 bits per heavy atom. The minimum Gasteiger partial charge on any atom is -0.368 e. The van der Waals surface area contributed by atoms with Crippen LogP contribution < -0.4 is 11.4 Å². The van der Waals surface area contributed by atoms with E-state index in [1.54, 1.807) is 0 Å². The lowest BCUT2D eigenvalue weighted by atomic mass is 10.2. The zero-order valence-electron chi connectivity index (χ0n) is 7.86. The van der Waals surface area contributed by atoms with E-state index in [0.29, 0.717) is 5.82 Å². The summed E-state index contributed by atoms with van der Waals surface area (Å²) in [6.45, 7) is 1.99. The van der Waals surface area contributed by atoms with E-state index in [9.17, 15) is 4.79 Å². The number of hydrogen-bond donors (Lipinski definition) is 2. The second-order valence-corrected chi connectivity index (χ2v) is 3.41. The summed E-state index contributed by atoms with van der Waals surface area (Å²) >= 11 is 0. The normalized spacial score (nSPS) is 26.6. The number of aromatic nitrogens is 3. The molecule has 0 saturated carbocycles. The number of ether oxygens (including phenoxy) is 1. The van der Waals surface area contributed by atoms with Crippen molar-refractivity contribution in [1.29, 1.82) is 0 Å². The van der Waals surface area contributed by atoms with Crippen LogP contribution in [-0.4, -0.2) is 21.1 Å². The molecule has 2 heterocycles.